The van der Waals surface area contributed by atoms with Gasteiger partial charge in [0.2, 0.25) is 0 Å². The van der Waals surface area contributed by atoms with Crippen LogP contribution in [0.3, 0.4) is 0 Å². The van der Waals surface area contributed by atoms with Crippen LogP contribution < -0.4 is 16.2 Å². The second-order valence-corrected chi connectivity index (χ2v) is 6.28. The lowest BCUT2D eigenvalue weighted by molar-refractivity contribution is -0.700. The van der Waals surface area contributed by atoms with Crippen molar-refractivity contribution in [3.8, 4) is 0 Å². The van der Waals surface area contributed by atoms with Crippen LogP contribution in [0.5, 0.6) is 0 Å². The molecule has 0 amide bonds. The minimum absolute atomic E-state index is 0.0517. The van der Waals surface area contributed by atoms with Crippen molar-refractivity contribution in [1.82, 2.24) is 5.32 Å². The summed E-state index contributed by atoms with van der Waals surface area (Å²) in [6, 6.07) is 0. The van der Waals surface area contributed by atoms with Crippen LogP contribution >= 0.6 is 0 Å². The molecule has 1 saturated carbocycles. The molecule has 6 aliphatic rings. The van der Waals surface area contributed by atoms with Crippen molar-refractivity contribution in [3.05, 3.63) is 0 Å². The van der Waals surface area contributed by atoms with Crippen LogP contribution in [0.25, 0.3) is 0 Å². The number of hydrogen-bond donors (Lipinski definition) is 5. The number of nitrogens with one attached hydrogen (secondary N) is 1. The Kier molecular flexibility index (Phi) is 1.89. The summed E-state index contributed by atoms with van der Waals surface area (Å²) < 4.78 is 16.1. The molecule has 0 aromatic carbocycles. The lowest BCUT2D eigenvalue weighted by Gasteiger charge is -2.72. The predicted octanol–water partition coefficient (Wildman–Crippen LogP) is -5.11. The van der Waals surface area contributed by atoms with Crippen molar-refractivity contribution in [2.75, 3.05) is 6.61 Å². The minimum Gasteiger partial charge on any atom is -0.805 e. The van der Waals surface area contributed by atoms with Crippen molar-refractivity contribution in [1.29, 1.82) is 0 Å². The van der Waals surface area contributed by atoms with Crippen molar-refractivity contribution in [2.45, 2.75) is 47.8 Å². The van der Waals surface area contributed by atoms with Crippen molar-refractivity contribution >= 4 is 5.96 Å². The number of ether oxygens (including phenoxy) is 3. The monoisotopic (exact) mass is 300 g/mol. The maximum absolute atomic E-state index is 12.8. The van der Waals surface area contributed by atoms with Crippen molar-refractivity contribution in [2.24, 2.45) is 16.6 Å². The van der Waals surface area contributed by atoms with Crippen LogP contribution in [0.1, 0.15) is 0 Å². The number of aliphatic hydroxyl groups excluding tert-OH is 2. The molecule has 6 rings (SSSR count). The third-order valence-corrected chi connectivity index (χ3v) is 5.42. The van der Waals surface area contributed by atoms with E-state index in [-0.39, 0.29) is 5.96 Å². The molecule has 4 saturated heterocycles. The van der Waals surface area contributed by atoms with Gasteiger partial charge in [-0.15, -0.1) is 0 Å². The van der Waals surface area contributed by atoms with Gasteiger partial charge in [0.1, 0.15) is 41.5 Å². The Hall–Kier alpha value is -1.01. The lowest BCUT2D eigenvalue weighted by Crippen LogP contribution is -2.94. The molecule has 5 fully saturated rings. The second-order valence-electron chi connectivity index (χ2n) is 6.28. The Morgan fingerprint density at radius 2 is 2.10 bits per heavy atom. The van der Waals surface area contributed by atoms with Gasteiger partial charge < -0.3 is 45.7 Å². The molecule has 1 spiro atoms. The molecule has 10 nitrogen and oxygen atoms in total. The maximum Gasteiger partial charge on any atom is 0.191 e. The van der Waals surface area contributed by atoms with Crippen LogP contribution in [-0.2, 0) is 14.2 Å². The summed E-state index contributed by atoms with van der Waals surface area (Å²) in [7, 11) is 0. The molecule has 5 aliphatic heterocycles. The maximum atomic E-state index is 12.8. The van der Waals surface area contributed by atoms with Crippen LogP contribution in [0.15, 0.2) is 4.99 Å². The van der Waals surface area contributed by atoms with E-state index >= 15 is 0 Å². The Morgan fingerprint density at radius 1 is 1.38 bits per heavy atom. The smallest absolute Gasteiger partial charge is 0.191 e. The van der Waals surface area contributed by atoms with Crippen LogP contribution in [-0.4, -0.2) is 75.6 Å². The standard InChI is InChI=1S/C11H14N3O7/c12-8-13-6-2-4-9(17,1-15)5-3(16)10(2,14-8)7(19-6)11(18,20-4)21-5/h2-7,15-17H,1H2,(H3,12,13,14)/q-1/t2-,3?,4?,5?,6?,7+,9+,10?,11?/m1/s1. The van der Waals surface area contributed by atoms with Gasteiger partial charge in [0.15, 0.2) is 12.2 Å². The molecule has 1 aliphatic carbocycles. The Bertz CT molecular complexity index is 574. The third kappa shape index (κ3) is 1.03. The average Bonchev–Trinajstić information content (AvgIpc) is 2.59. The van der Waals surface area contributed by atoms with Gasteiger partial charge >= 0.3 is 0 Å². The van der Waals surface area contributed by atoms with E-state index in [0.717, 1.165) is 0 Å². The largest absolute Gasteiger partial charge is 0.805 e. The fourth-order valence-corrected chi connectivity index (χ4v) is 4.62. The first-order valence-corrected chi connectivity index (χ1v) is 6.71. The zero-order valence-corrected chi connectivity index (χ0v) is 10.7. The first-order chi connectivity index (χ1) is 9.87. The lowest BCUT2D eigenvalue weighted by atomic mass is 9.56. The molecular weight excluding hydrogens is 286 g/mol. The Labute approximate surface area is 118 Å². The van der Waals surface area contributed by atoms with Crippen molar-refractivity contribution in [3.63, 3.8) is 0 Å². The molecule has 10 heteroatoms. The zero-order chi connectivity index (χ0) is 14.8. The predicted molar refractivity (Wildman–Crippen MR) is 60.2 cm³/mol. The van der Waals surface area contributed by atoms with Gasteiger partial charge in [0.05, 0.1) is 12.5 Å². The van der Waals surface area contributed by atoms with E-state index in [2.05, 4.69) is 10.3 Å². The number of rotatable bonds is 1. The topological polar surface area (TPSA) is 162 Å². The molecule has 0 aromatic heterocycles. The molecule has 116 valence electrons. The molecule has 0 radical (unpaired) electrons. The highest BCUT2D eigenvalue weighted by atomic mass is 16.9. The van der Waals surface area contributed by atoms with E-state index in [1.807, 2.05) is 0 Å². The number of nitrogens with two attached hydrogens (primary N) is 1. The molecule has 5 heterocycles. The number of hydrogen-bond acceptors (Lipinski definition) is 10. The highest BCUT2D eigenvalue weighted by Gasteiger charge is 2.84. The molecule has 9 atom stereocenters. The fourth-order valence-electron chi connectivity index (χ4n) is 4.62. The summed E-state index contributed by atoms with van der Waals surface area (Å²) >= 11 is 0. The summed E-state index contributed by atoms with van der Waals surface area (Å²) in [5.74, 6) is -2.98. The van der Waals surface area contributed by atoms with E-state index in [1.165, 1.54) is 0 Å². The summed E-state index contributed by atoms with van der Waals surface area (Å²) in [5, 5.41) is 46.5. The average molecular weight is 300 g/mol. The first kappa shape index (κ1) is 12.5. The highest BCUT2D eigenvalue weighted by Crippen LogP contribution is 2.62. The number of guanidine groups is 1. The fraction of sp³-hybridized carbons (Fsp3) is 0.909. The Balaban J connectivity index is 1.77. The highest BCUT2D eigenvalue weighted by molar-refractivity contribution is 5.80. The van der Waals surface area contributed by atoms with Crippen LogP contribution in [0.4, 0.5) is 0 Å². The van der Waals surface area contributed by atoms with Gasteiger partial charge in [-0.2, -0.15) is 0 Å². The van der Waals surface area contributed by atoms with Gasteiger partial charge in [-0.3, -0.25) is 0 Å². The van der Waals surface area contributed by atoms with Gasteiger partial charge in [-0.05, 0) is 0 Å². The number of aliphatic hydroxyl groups is 3. The van der Waals surface area contributed by atoms with E-state index in [1.54, 1.807) is 0 Å². The van der Waals surface area contributed by atoms with Crippen LogP contribution in [0.2, 0.25) is 0 Å². The molecule has 0 aromatic rings. The van der Waals surface area contributed by atoms with E-state index in [0.29, 0.717) is 0 Å². The normalized spacial score (nSPS) is 66.2. The van der Waals surface area contributed by atoms with E-state index < -0.39 is 60.3 Å². The number of aliphatic imine (C=N–C) groups is 1. The summed E-state index contributed by atoms with van der Waals surface area (Å²) in [6.07, 6.45) is -5.67. The quantitative estimate of drug-likeness (QED) is 0.319. The van der Waals surface area contributed by atoms with Crippen molar-refractivity contribution < 1.29 is 34.6 Å². The second kappa shape index (κ2) is 3.18. The SMILES string of the molecule is NC1=NC2O[C@@H]3C4([O-])OC5C(O)C3(N1)[C@@H]2C(O4)[C@@]5(O)CO. The van der Waals surface area contributed by atoms with Gasteiger partial charge in [-0.1, -0.05) is 0 Å². The zero-order valence-electron chi connectivity index (χ0n) is 10.7. The molecule has 6 unspecified atom stereocenters. The summed E-state index contributed by atoms with van der Waals surface area (Å²) in [6.45, 7) is -0.724. The summed E-state index contributed by atoms with van der Waals surface area (Å²) in [4.78, 5) is 4.06. The molecule has 7 bridgehead atoms. The molecule has 6 N–H and O–H groups in total. The van der Waals surface area contributed by atoms with Gasteiger partial charge in [-0.25, -0.2) is 4.99 Å². The Morgan fingerprint density at radius 3 is 2.81 bits per heavy atom. The minimum atomic E-state index is -2.38. The van der Waals surface area contributed by atoms with Gasteiger partial charge in [0, 0.05) is 0 Å². The first-order valence-electron chi connectivity index (χ1n) is 6.71. The van der Waals surface area contributed by atoms with E-state index in [9.17, 15) is 20.4 Å². The third-order valence-electron chi connectivity index (χ3n) is 5.42. The summed E-state index contributed by atoms with van der Waals surface area (Å²) in [5.41, 5.74) is 2.58. The molecular formula is C11H14N3O7-. The number of nitrogens with zero attached hydrogens (tertiary/aromatic N) is 1. The van der Waals surface area contributed by atoms with Crippen LogP contribution in [0, 0.1) is 5.92 Å². The van der Waals surface area contributed by atoms with Gasteiger partial charge in [0.25, 0.3) is 0 Å². The molecule has 21 heavy (non-hydrogen) atoms. The van der Waals surface area contributed by atoms with E-state index in [4.69, 9.17) is 19.9 Å².